The number of hydrogen-bond donors (Lipinski definition) is 2. The number of unbranched alkanes of at least 4 members (excludes halogenated alkanes) is 9. The fraction of sp³-hybridized carbons (Fsp3) is 0.595. The molecular formula is C37H56N2O6. The van der Waals surface area contributed by atoms with Gasteiger partial charge in [-0.25, -0.2) is 9.59 Å². The summed E-state index contributed by atoms with van der Waals surface area (Å²) in [7, 11) is 1.41. The van der Waals surface area contributed by atoms with E-state index in [-0.39, 0.29) is 18.1 Å². The van der Waals surface area contributed by atoms with Crippen LogP contribution in [0.25, 0.3) is 0 Å². The summed E-state index contributed by atoms with van der Waals surface area (Å²) in [5.74, 6) is -0.186. The molecule has 0 saturated carbocycles. The van der Waals surface area contributed by atoms with Crippen LogP contribution in [0.5, 0.6) is 0 Å². The lowest BCUT2D eigenvalue weighted by Crippen LogP contribution is -2.41. The van der Waals surface area contributed by atoms with Gasteiger partial charge in [0.25, 0.3) is 0 Å². The zero-order chi connectivity index (χ0) is 32.7. The SMILES string of the molecule is CCCCCCCC[C@H](OC(=O)N[C@@H](C)c1ccccc1)[C@@H](CCCCCCCC(=O)OC)OC(=O)N[C@@H](C)c1ccccc1. The second-order valence-corrected chi connectivity index (χ2v) is 11.9. The lowest BCUT2D eigenvalue weighted by Gasteiger charge is -2.28. The molecular weight excluding hydrogens is 568 g/mol. The topological polar surface area (TPSA) is 103 Å². The van der Waals surface area contributed by atoms with Crippen LogP contribution in [0.1, 0.15) is 134 Å². The first-order valence-electron chi connectivity index (χ1n) is 16.9. The quantitative estimate of drug-likeness (QED) is 0.0769. The molecule has 0 saturated heterocycles. The number of rotatable bonds is 22. The molecule has 0 unspecified atom stereocenters. The van der Waals surface area contributed by atoms with Crippen molar-refractivity contribution in [2.75, 3.05) is 7.11 Å². The van der Waals surface area contributed by atoms with E-state index in [0.29, 0.717) is 19.3 Å². The molecule has 0 fully saturated rings. The third-order valence-corrected chi connectivity index (χ3v) is 8.14. The van der Waals surface area contributed by atoms with Crippen molar-refractivity contribution in [3.05, 3.63) is 71.8 Å². The first-order valence-corrected chi connectivity index (χ1v) is 16.9. The molecule has 0 aliphatic heterocycles. The molecule has 0 bridgehead atoms. The molecule has 2 aromatic carbocycles. The van der Waals surface area contributed by atoms with Crippen LogP contribution in [0.15, 0.2) is 60.7 Å². The Morgan fingerprint density at radius 1 is 0.600 bits per heavy atom. The largest absolute Gasteiger partial charge is 0.469 e. The van der Waals surface area contributed by atoms with E-state index in [1.54, 1.807) is 0 Å². The van der Waals surface area contributed by atoms with Crippen molar-refractivity contribution in [2.45, 2.75) is 135 Å². The van der Waals surface area contributed by atoms with Gasteiger partial charge < -0.3 is 24.8 Å². The summed E-state index contributed by atoms with van der Waals surface area (Å²) in [6.07, 6.45) is 10.4. The fourth-order valence-electron chi connectivity index (χ4n) is 5.36. The van der Waals surface area contributed by atoms with E-state index >= 15 is 0 Å². The van der Waals surface area contributed by atoms with Crippen LogP contribution < -0.4 is 10.6 Å². The Balaban J connectivity index is 2.09. The van der Waals surface area contributed by atoms with E-state index in [4.69, 9.17) is 14.2 Å². The van der Waals surface area contributed by atoms with Crippen LogP contribution in [0.4, 0.5) is 9.59 Å². The van der Waals surface area contributed by atoms with Crippen LogP contribution in [0.3, 0.4) is 0 Å². The van der Waals surface area contributed by atoms with Gasteiger partial charge in [0, 0.05) is 6.42 Å². The van der Waals surface area contributed by atoms with Crippen LogP contribution in [-0.2, 0) is 19.0 Å². The van der Waals surface area contributed by atoms with Crippen molar-refractivity contribution in [1.82, 2.24) is 10.6 Å². The first-order chi connectivity index (χ1) is 21.8. The highest BCUT2D eigenvalue weighted by Gasteiger charge is 2.29. The summed E-state index contributed by atoms with van der Waals surface area (Å²) in [5, 5.41) is 5.91. The minimum absolute atomic E-state index is 0.186. The molecule has 0 heterocycles. The molecule has 2 amide bonds. The van der Waals surface area contributed by atoms with Gasteiger partial charge in [-0.1, -0.05) is 119 Å². The van der Waals surface area contributed by atoms with E-state index in [0.717, 1.165) is 62.5 Å². The number of benzene rings is 2. The van der Waals surface area contributed by atoms with Crippen molar-refractivity contribution in [1.29, 1.82) is 0 Å². The van der Waals surface area contributed by atoms with Crippen molar-refractivity contribution in [2.24, 2.45) is 0 Å². The first kappa shape index (κ1) is 37.6. The zero-order valence-electron chi connectivity index (χ0n) is 27.9. The summed E-state index contributed by atoms with van der Waals surface area (Å²) in [4.78, 5) is 37.7. The third kappa shape index (κ3) is 16.4. The highest BCUT2D eigenvalue weighted by atomic mass is 16.6. The Morgan fingerprint density at radius 3 is 1.42 bits per heavy atom. The Morgan fingerprint density at radius 2 is 1.00 bits per heavy atom. The van der Waals surface area contributed by atoms with Gasteiger partial charge in [-0.3, -0.25) is 4.79 Å². The minimum atomic E-state index is -0.587. The van der Waals surface area contributed by atoms with E-state index in [2.05, 4.69) is 17.6 Å². The number of hydrogen-bond acceptors (Lipinski definition) is 6. The maximum absolute atomic E-state index is 13.2. The molecule has 2 rings (SSSR count). The number of carbonyl (C=O) groups is 3. The molecule has 8 nitrogen and oxygen atoms in total. The summed E-state index contributed by atoms with van der Waals surface area (Å²) >= 11 is 0. The summed E-state index contributed by atoms with van der Waals surface area (Å²) in [6.45, 7) is 6.04. The molecule has 0 spiro atoms. The van der Waals surface area contributed by atoms with Gasteiger partial charge in [0.15, 0.2) is 0 Å². The number of nitrogens with one attached hydrogen (secondary N) is 2. The van der Waals surface area contributed by atoms with Gasteiger partial charge in [-0.2, -0.15) is 0 Å². The highest BCUT2D eigenvalue weighted by Crippen LogP contribution is 2.22. The lowest BCUT2D eigenvalue weighted by molar-refractivity contribution is -0.140. The standard InChI is InChI=1S/C37H56N2O6/c1-5-6-7-8-10-19-26-33(44-36(41)38-29(2)31-22-15-13-16-23-31)34(27-20-11-9-12-21-28-35(40)43-4)45-37(42)39-30(3)32-24-17-14-18-25-32/h13-18,22-25,29-30,33-34H,5-12,19-21,26-28H2,1-4H3,(H,38,41)(H,39,42)/t29-,30-,33-,34+/m0/s1. The molecule has 0 aliphatic carbocycles. The van der Waals surface area contributed by atoms with Crippen molar-refractivity contribution in [3.63, 3.8) is 0 Å². The van der Waals surface area contributed by atoms with Crippen molar-refractivity contribution < 1.29 is 28.6 Å². The normalized spacial score (nSPS) is 13.6. The average molecular weight is 625 g/mol. The second-order valence-electron chi connectivity index (χ2n) is 11.9. The maximum atomic E-state index is 13.2. The van der Waals surface area contributed by atoms with Gasteiger partial charge in [0.2, 0.25) is 0 Å². The Hall–Kier alpha value is -3.55. The monoisotopic (exact) mass is 624 g/mol. The minimum Gasteiger partial charge on any atom is -0.469 e. The predicted octanol–water partition coefficient (Wildman–Crippen LogP) is 9.35. The van der Waals surface area contributed by atoms with Crippen molar-refractivity contribution in [3.8, 4) is 0 Å². The lowest BCUT2D eigenvalue weighted by atomic mass is 9.99. The van der Waals surface area contributed by atoms with Crippen LogP contribution in [0.2, 0.25) is 0 Å². The van der Waals surface area contributed by atoms with Crippen molar-refractivity contribution >= 4 is 18.2 Å². The molecule has 4 atom stereocenters. The molecule has 45 heavy (non-hydrogen) atoms. The summed E-state index contributed by atoms with van der Waals surface area (Å²) in [5.41, 5.74) is 1.96. The molecule has 0 aliphatic rings. The second kappa shape index (κ2) is 22.9. The molecule has 250 valence electrons. The molecule has 2 aromatic rings. The van der Waals surface area contributed by atoms with Gasteiger partial charge in [-0.05, 0) is 57.1 Å². The fourth-order valence-corrected chi connectivity index (χ4v) is 5.36. The number of ether oxygens (including phenoxy) is 3. The number of esters is 1. The average Bonchev–Trinajstić information content (AvgIpc) is 3.05. The molecule has 8 heteroatoms. The van der Waals surface area contributed by atoms with E-state index in [1.165, 1.54) is 26.4 Å². The highest BCUT2D eigenvalue weighted by molar-refractivity contribution is 5.69. The van der Waals surface area contributed by atoms with Gasteiger partial charge in [0.1, 0.15) is 12.2 Å². The van der Waals surface area contributed by atoms with Gasteiger partial charge >= 0.3 is 18.2 Å². The Labute approximate surface area is 271 Å². The van der Waals surface area contributed by atoms with Crippen LogP contribution in [-0.4, -0.2) is 37.5 Å². The number of methoxy groups -OCH3 is 1. The van der Waals surface area contributed by atoms with Gasteiger partial charge in [0.05, 0.1) is 19.2 Å². The predicted molar refractivity (Wildman–Crippen MR) is 179 cm³/mol. The number of amides is 2. The molecule has 0 aromatic heterocycles. The summed E-state index contributed by atoms with van der Waals surface area (Å²) < 4.78 is 16.8. The zero-order valence-corrected chi connectivity index (χ0v) is 27.9. The number of carbonyl (C=O) groups excluding carboxylic acids is 3. The Bertz CT molecular complexity index is 1080. The van der Waals surface area contributed by atoms with E-state index in [1.807, 2.05) is 74.5 Å². The van der Waals surface area contributed by atoms with Crippen LogP contribution in [0, 0.1) is 0 Å². The number of alkyl carbamates (subject to hydrolysis) is 2. The Kier molecular flexibility index (Phi) is 19.1. The van der Waals surface area contributed by atoms with Gasteiger partial charge in [-0.15, -0.1) is 0 Å². The third-order valence-electron chi connectivity index (χ3n) is 8.14. The molecule has 2 N–H and O–H groups in total. The smallest absolute Gasteiger partial charge is 0.408 e. The summed E-state index contributed by atoms with van der Waals surface area (Å²) in [6, 6.07) is 19.0. The maximum Gasteiger partial charge on any atom is 0.408 e. The van der Waals surface area contributed by atoms with E-state index < -0.39 is 24.4 Å². The molecule has 0 radical (unpaired) electrons. The van der Waals surface area contributed by atoms with E-state index in [9.17, 15) is 14.4 Å². The van der Waals surface area contributed by atoms with Crippen LogP contribution >= 0.6 is 0 Å².